The van der Waals surface area contributed by atoms with Gasteiger partial charge in [-0.25, -0.2) is 9.69 Å². The third-order valence-corrected chi connectivity index (χ3v) is 8.35. The highest BCUT2D eigenvalue weighted by molar-refractivity contribution is 6.35. The Morgan fingerprint density at radius 2 is 1.76 bits per heavy atom. The van der Waals surface area contributed by atoms with E-state index in [-0.39, 0.29) is 35.8 Å². The van der Waals surface area contributed by atoms with Gasteiger partial charge in [0.1, 0.15) is 5.54 Å². The van der Waals surface area contributed by atoms with Crippen LogP contribution in [-0.2, 0) is 31.1 Å². The van der Waals surface area contributed by atoms with Crippen molar-refractivity contribution in [2.45, 2.75) is 31.8 Å². The van der Waals surface area contributed by atoms with Gasteiger partial charge in [0.2, 0.25) is 17.7 Å². The summed E-state index contributed by atoms with van der Waals surface area (Å²) in [6.07, 6.45) is 0.174. The van der Waals surface area contributed by atoms with Gasteiger partial charge >= 0.3 is 5.97 Å². The number of carbonyl (C=O) groups is 4. The molecule has 3 amide bonds. The SMILES string of the molecule is CCOC(=O)c1ccc(N2C(=O)[C@@H]3[C@H](Cc4ccc(O)c(O)c4)N[C@@]4(C(=O)Nc5c(Cl)cc(C)cc54)[C@H]3C2=O)cc1. The summed E-state index contributed by atoms with van der Waals surface area (Å²) in [6, 6.07) is 13.1. The Labute approximate surface area is 239 Å². The molecule has 3 aromatic carbocycles. The number of phenols is 2. The van der Waals surface area contributed by atoms with Crippen molar-refractivity contribution in [1.29, 1.82) is 0 Å². The van der Waals surface area contributed by atoms with Crippen molar-refractivity contribution in [2.75, 3.05) is 16.8 Å². The van der Waals surface area contributed by atoms with Crippen LogP contribution in [0.3, 0.4) is 0 Å². The summed E-state index contributed by atoms with van der Waals surface area (Å²) < 4.78 is 5.03. The first-order valence-electron chi connectivity index (χ1n) is 13.1. The third kappa shape index (κ3) is 3.97. The van der Waals surface area contributed by atoms with Crippen LogP contribution in [0.25, 0.3) is 0 Å². The molecule has 4 N–H and O–H groups in total. The van der Waals surface area contributed by atoms with E-state index in [2.05, 4.69) is 10.6 Å². The van der Waals surface area contributed by atoms with E-state index in [9.17, 15) is 29.4 Å². The number of fused-ring (bicyclic) bond motifs is 4. The number of hydrogen-bond donors (Lipinski definition) is 4. The van der Waals surface area contributed by atoms with Crippen molar-refractivity contribution < 1.29 is 34.1 Å². The minimum absolute atomic E-state index is 0.174. The maximum atomic E-state index is 14.2. The Balaban J connectivity index is 1.46. The minimum Gasteiger partial charge on any atom is -0.504 e. The number of esters is 1. The van der Waals surface area contributed by atoms with Gasteiger partial charge in [0.25, 0.3) is 0 Å². The summed E-state index contributed by atoms with van der Waals surface area (Å²) in [5.41, 5.74) is 1.19. The number of anilines is 2. The molecule has 3 heterocycles. The number of ether oxygens (including phenoxy) is 1. The first-order valence-corrected chi connectivity index (χ1v) is 13.5. The molecule has 0 aliphatic carbocycles. The average molecular weight is 576 g/mol. The van der Waals surface area contributed by atoms with E-state index in [1.54, 1.807) is 25.1 Å². The Bertz CT molecular complexity index is 1640. The number of benzene rings is 3. The number of nitrogens with one attached hydrogen (secondary N) is 2. The second-order valence-corrected chi connectivity index (χ2v) is 10.9. The minimum atomic E-state index is -1.58. The number of aromatic hydroxyl groups is 2. The molecule has 11 heteroatoms. The van der Waals surface area contributed by atoms with Crippen LogP contribution < -0.4 is 15.5 Å². The van der Waals surface area contributed by atoms with Gasteiger partial charge in [-0.05, 0) is 73.9 Å². The molecule has 3 aromatic rings. The highest BCUT2D eigenvalue weighted by Gasteiger charge is 2.70. The van der Waals surface area contributed by atoms with Crippen molar-refractivity contribution in [3.63, 3.8) is 0 Å². The summed E-state index contributed by atoms with van der Waals surface area (Å²) in [5.74, 6) is -4.74. The van der Waals surface area contributed by atoms with Gasteiger partial charge in [-0.15, -0.1) is 0 Å². The molecule has 0 unspecified atom stereocenters. The molecular weight excluding hydrogens is 550 g/mol. The number of phenolic OH excluding ortho intramolecular Hbond substituents is 2. The molecule has 1 spiro atoms. The Morgan fingerprint density at radius 1 is 1.02 bits per heavy atom. The van der Waals surface area contributed by atoms with Crippen molar-refractivity contribution in [3.8, 4) is 11.5 Å². The van der Waals surface area contributed by atoms with E-state index in [0.29, 0.717) is 21.8 Å². The molecule has 2 saturated heterocycles. The Kier molecular flexibility index (Phi) is 6.28. The summed E-state index contributed by atoms with van der Waals surface area (Å²) >= 11 is 6.50. The molecule has 0 bridgehead atoms. The van der Waals surface area contributed by atoms with Crippen LogP contribution in [0.1, 0.15) is 34.0 Å². The predicted molar refractivity (Wildman–Crippen MR) is 149 cm³/mol. The van der Waals surface area contributed by atoms with Gasteiger partial charge in [0.05, 0.1) is 40.4 Å². The molecule has 2 fully saturated rings. The molecule has 6 rings (SSSR count). The summed E-state index contributed by atoms with van der Waals surface area (Å²) in [5, 5.41) is 26.3. The van der Waals surface area contributed by atoms with Crippen molar-refractivity contribution in [2.24, 2.45) is 11.8 Å². The lowest BCUT2D eigenvalue weighted by molar-refractivity contribution is -0.130. The Morgan fingerprint density at radius 3 is 2.44 bits per heavy atom. The molecule has 0 saturated carbocycles. The van der Waals surface area contributed by atoms with Crippen LogP contribution in [0.15, 0.2) is 54.6 Å². The lowest BCUT2D eigenvalue weighted by Crippen LogP contribution is -2.53. The number of hydrogen-bond acceptors (Lipinski definition) is 8. The fraction of sp³-hybridized carbons (Fsp3) is 0.267. The first kappa shape index (κ1) is 26.8. The monoisotopic (exact) mass is 575 g/mol. The van der Waals surface area contributed by atoms with Crippen molar-refractivity contribution in [1.82, 2.24) is 5.32 Å². The van der Waals surface area contributed by atoms with Crippen LogP contribution >= 0.6 is 11.6 Å². The number of aryl methyl sites for hydroxylation is 1. The van der Waals surface area contributed by atoms with E-state index >= 15 is 0 Å². The van der Waals surface area contributed by atoms with Gasteiger partial charge < -0.3 is 20.3 Å². The number of halogens is 1. The zero-order valence-corrected chi connectivity index (χ0v) is 22.9. The lowest BCUT2D eigenvalue weighted by atomic mass is 9.76. The number of nitrogens with zero attached hydrogens (tertiary/aromatic N) is 1. The molecule has 41 heavy (non-hydrogen) atoms. The maximum absolute atomic E-state index is 14.2. The highest BCUT2D eigenvalue weighted by atomic mass is 35.5. The van der Waals surface area contributed by atoms with Gasteiger partial charge in [-0.2, -0.15) is 0 Å². The summed E-state index contributed by atoms with van der Waals surface area (Å²) in [6.45, 7) is 3.72. The zero-order valence-electron chi connectivity index (χ0n) is 22.1. The summed E-state index contributed by atoms with van der Waals surface area (Å²) in [7, 11) is 0. The van der Waals surface area contributed by atoms with E-state index in [1.165, 1.54) is 36.4 Å². The van der Waals surface area contributed by atoms with Gasteiger partial charge in [0, 0.05) is 11.6 Å². The topological polar surface area (TPSA) is 145 Å². The maximum Gasteiger partial charge on any atom is 0.338 e. The molecule has 3 aliphatic rings. The van der Waals surface area contributed by atoms with Crippen LogP contribution in [0.5, 0.6) is 11.5 Å². The molecule has 4 atom stereocenters. The standard InChI is InChI=1S/C30H26ClN3O7/c1-3-41-28(39)16-5-7-17(8-6-16)34-26(37)23-20(12-15-4-9-21(35)22(36)13-15)33-30(24(23)27(34)38)18-10-14(2)11-19(31)25(18)32-29(30)40/h4-11,13,20,23-24,33,35-36H,3,12H2,1-2H3,(H,32,40)/t20-,23+,24+,30+/m0/s1. The average Bonchev–Trinajstić information content (AvgIpc) is 3.51. The second-order valence-electron chi connectivity index (χ2n) is 10.5. The van der Waals surface area contributed by atoms with E-state index in [4.69, 9.17) is 16.3 Å². The van der Waals surface area contributed by atoms with Crippen LogP contribution in [0, 0.1) is 18.8 Å². The smallest absolute Gasteiger partial charge is 0.338 e. The fourth-order valence-electron chi connectivity index (χ4n) is 6.33. The molecule has 210 valence electrons. The van der Waals surface area contributed by atoms with E-state index in [0.717, 1.165) is 10.5 Å². The Hall–Kier alpha value is -4.41. The van der Waals surface area contributed by atoms with Crippen molar-refractivity contribution >= 4 is 46.7 Å². The molecule has 10 nitrogen and oxygen atoms in total. The van der Waals surface area contributed by atoms with Crippen LogP contribution in [0.4, 0.5) is 11.4 Å². The quantitative estimate of drug-likeness (QED) is 0.206. The molecule has 0 radical (unpaired) electrons. The van der Waals surface area contributed by atoms with E-state index < -0.39 is 47.1 Å². The second kappa shape index (κ2) is 9.60. The van der Waals surface area contributed by atoms with Crippen molar-refractivity contribution in [3.05, 3.63) is 81.9 Å². The lowest BCUT2D eigenvalue weighted by Gasteiger charge is -2.30. The zero-order chi connectivity index (χ0) is 29.2. The molecule has 3 aliphatic heterocycles. The molecular formula is C30H26ClN3O7. The van der Waals surface area contributed by atoms with Crippen LogP contribution in [-0.4, -0.2) is 46.6 Å². The van der Waals surface area contributed by atoms with E-state index in [1.807, 2.05) is 6.92 Å². The van der Waals surface area contributed by atoms with Crippen LogP contribution in [0.2, 0.25) is 5.02 Å². The highest BCUT2D eigenvalue weighted by Crippen LogP contribution is 2.55. The predicted octanol–water partition coefficient (Wildman–Crippen LogP) is 3.40. The first-order chi connectivity index (χ1) is 19.6. The number of amides is 3. The number of carbonyl (C=O) groups excluding carboxylic acids is 4. The van der Waals surface area contributed by atoms with Gasteiger partial charge in [-0.3, -0.25) is 19.7 Å². The normalized spacial score (nSPS) is 24.5. The number of imide groups is 1. The van der Waals surface area contributed by atoms with Gasteiger partial charge in [0.15, 0.2) is 11.5 Å². The largest absolute Gasteiger partial charge is 0.504 e. The van der Waals surface area contributed by atoms with Gasteiger partial charge in [-0.1, -0.05) is 23.7 Å². The molecule has 0 aromatic heterocycles. The third-order valence-electron chi connectivity index (χ3n) is 8.05. The number of rotatable bonds is 5. The fourth-order valence-corrected chi connectivity index (χ4v) is 6.66. The summed E-state index contributed by atoms with van der Waals surface area (Å²) in [4.78, 5) is 55.2.